The highest BCUT2D eigenvalue weighted by atomic mass is 32.1. The van der Waals surface area contributed by atoms with Crippen molar-refractivity contribution in [1.29, 1.82) is 0 Å². The number of halogens is 1. The summed E-state index contributed by atoms with van der Waals surface area (Å²) in [6.07, 6.45) is 5.33. The van der Waals surface area contributed by atoms with Crippen LogP contribution in [-0.2, 0) is 17.6 Å². The molecule has 0 bridgehead atoms. The number of hydrogen-bond donors (Lipinski definition) is 0. The highest BCUT2D eigenvalue weighted by molar-refractivity contribution is 7.10. The average molecular weight is 521 g/mol. The summed E-state index contributed by atoms with van der Waals surface area (Å²) in [5, 5.41) is 2.05. The van der Waals surface area contributed by atoms with E-state index in [-0.39, 0.29) is 36.1 Å². The summed E-state index contributed by atoms with van der Waals surface area (Å²) >= 11 is 1.70. The third-order valence-corrected chi connectivity index (χ3v) is 7.94. The lowest BCUT2D eigenvalue weighted by Gasteiger charge is -2.38. The van der Waals surface area contributed by atoms with Gasteiger partial charge in [0.1, 0.15) is 12.4 Å². The third kappa shape index (κ3) is 6.67. The SMILES string of the molecule is CCCCCc1ccc(C(=O)N(CC(=O)N2CCc3sccc3C2c2ccc(F)cc2)CC(C)C)cc1. The minimum absolute atomic E-state index is 0.0203. The molecule has 4 nitrogen and oxygen atoms in total. The zero-order chi connectivity index (χ0) is 26.4. The van der Waals surface area contributed by atoms with Crippen LogP contribution in [0.25, 0.3) is 0 Å². The maximum Gasteiger partial charge on any atom is 0.254 e. The molecule has 1 unspecified atom stereocenters. The van der Waals surface area contributed by atoms with Gasteiger partial charge in [0.2, 0.25) is 5.91 Å². The second-order valence-corrected chi connectivity index (χ2v) is 11.3. The number of aryl methyl sites for hydroxylation is 1. The van der Waals surface area contributed by atoms with Gasteiger partial charge in [0.25, 0.3) is 5.91 Å². The fourth-order valence-electron chi connectivity index (χ4n) is 5.08. The van der Waals surface area contributed by atoms with Crippen molar-refractivity contribution in [3.63, 3.8) is 0 Å². The molecule has 1 aromatic heterocycles. The zero-order valence-electron chi connectivity index (χ0n) is 22.1. The summed E-state index contributed by atoms with van der Waals surface area (Å²) in [6, 6.07) is 16.0. The molecule has 0 fully saturated rings. The Kier molecular flexibility index (Phi) is 9.14. The van der Waals surface area contributed by atoms with Gasteiger partial charge in [-0.05, 0) is 77.6 Å². The van der Waals surface area contributed by atoms with E-state index in [1.807, 2.05) is 29.2 Å². The second-order valence-electron chi connectivity index (χ2n) is 10.3. The van der Waals surface area contributed by atoms with Gasteiger partial charge in [-0.25, -0.2) is 4.39 Å². The van der Waals surface area contributed by atoms with E-state index in [9.17, 15) is 14.0 Å². The van der Waals surface area contributed by atoms with Gasteiger partial charge in [0, 0.05) is 23.5 Å². The minimum atomic E-state index is -0.298. The topological polar surface area (TPSA) is 40.6 Å². The van der Waals surface area contributed by atoms with E-state index >= 15 is 0 Å². The summed E-state index contributed by atoms with van der Waals surface area (Å²) in [5.74, 6) is -0.277. The van der Waals surface area contributed by atoms with Gasteiger partial charge in [0.15, 0.2) is 0 Å². The van der Waals surface area contributed by atoms with Gasteiger partial charge in [-0.2, -0.15) is 0 Å². The number of fused-ring (bicyclic) bond motifs is 1. The summed E-state index contributed by atoms with van der Waals surface area (Å²) in [5.41, 5.74) is 3.83. The number of thiophene rings is 1. The molecule has 0 aliphatic carbocycles. The number of benzene rings is 2. The quantitative estimate of drug-likeness (QED) is 0.273. The number of rotatable bonds is 10. The Balaban J connectivity index is 1.54. The molecule has 196 valence electrons. The van der Waals surface area contributed by atoms with Crippen molar-refractivity contribution < 1.29 is 14.0 Å². The Bertz CT molecular complexity index is 1190. The first-order valence-corrected chi connectivity index (χ1v) is 14.2. The van der Waals surface area contributed by atoms with Crippen molar-refractivity contribution >= 4 is 23.2 Å². The summed E-state index contributed by atoms with van der Waals surface area (Å²) < 4.78 is 13.7. The molecule has 1 atom stereocenters. The van der Waals surface area contributed by atoms with Gasteiger partial charge in [-0.15, -0.1) is 11.3 Å². The van der Waals surface area contributed by atoms with Crippen molar-refractivity contribution in [2.45, 2.75) is 58.9 Å². The molecule has 1 aliphatic heterocycles. The van der Waals surface area contributed by atoms with Gasteiger partial charge in [-0.1, -0.05) is 57.9 Å². The number of amides is 2. The molecular formula is C31H37FN2O2S. The molecule has 2 aromatic carbocycles. The van der Waals surface area contributed by atoms with Crippen LogP contribution in [0.1, 0.15) is 78.0 Å². The van der Waals surface area contributed by atoms with Crippen LogP contribution in [0, 0.1) is 11.7 Å². The van der Waals surface area contributed by atoms with Crippen molar-refractivity contribution in [2.75, 3.05) is 19.6 Å². The molecule has 0 saturated heterocycles. The standard InChI is InChI=1S/C31H37FN2O2S/c1-4-5-6-7-23-8-10-25(11-9-23)31(36)33(20-22(2)3)21-29(35)34-18-16-28-27(17-19-37-28)30(34)24-12-14-26(32)15-13-24/h8-15,17,19,22,30H,4-7,16,18,20-21H2,1-3H3. The van der Waals surface area contributed by atoms with Crippen LogP contribution in [-0.4, -0.2) is 41.2 Å². The van der Waals surface area contributed by atoms with E-state index in [1.165, 1.54) is 35.4 Å². The average Bonchev–Trinajstić information content (AvgIpc) is 3.37. The summed E-state index contributed by atoms with van der Waals surface area (Å²) in [4.78, 5) is 32.1. The fraction of sp³-hybridized carbons (Fsp3) is 0.419. The van der Waals surface area contributed by atoms with Gasteiger partial charge >= 0.3 is 0 Å². The van der Waals surface area contributed by atoms with E-state index < -0.39 is 0 Å². The van der Waals surface area contributed by atoms with E-state index in [4.69, 9.17) is 0 Å². The van der Waals surface area contributed by atoms with Crippen molar-refractivity contribution in [3.8, 4) is 0 Å². The van der Waals surface area contributed by atoms with Crippen LogP contribution < -0.4 is 0 Å². The number of carbonyl (C=O) groups excluding carboxylic acids is 2. The third-order valence-electron chi connectivity index (χ3n) is 6.94. The molecular weight excluding hydrogens is 483 g/mol. The van der Waals surface area contributed by atoms with Crippen LogP contribution in [0.15, 0.2) is 60.0 Å². The van der Waals surface area contributed by atoms with Crippen molar-refractivity contribution in [3.05, 3.63) is 92.9 Å². The smallest absolute Gasteiger partial charge is 0.254 e. The van der Waals surface area contributed by atoms with Crippen LogP contribution in [0.2, 0.25) is 0 Å². The lowest BCUT2D eigenvalue weighted by Crippen LogP contribution is -2.47. The number of unbranched alkanes of at least 4 members (excludes halogenated alkanes) is 2. The minimum Gasteiger partial charge on any atom is -0.330 e. The number of hydrogen-bond acceptors (Lipinski definition) is 3. The van der Waals surface area contributed by atoms with E-state index in [1.54, 1.807) is 28.4 Å². The molecule has 1 aliphatic rings. The molecule has 6 heteroatoms. The molecule has 2 amide bonds. The van der Waals surface area contributed by atoms with Crippen molar-refractivity contribution in [1.82, 2.24) is 9.80 Å². The number of carbonyl (C=O) groups is 2. The number of nitrogens with zero attached hydrogens (tertiary/aromatic N) is 2. The fourth-order valence-corrected chi connectivity index (χ4v) is 5.98. The Morgan fingerprint density at radius 1 is 1.05 bits per heavy atom. The predicted molar refractivity (Wildman–Crippen MR) is 148 cm³/mol. The van der Waals surface area contributed by atoms with E-state index in [0.717, 1.165) is 30.4 Å². The molecule has 0 saturated carbocycles. The predicted octanol–water partition coefficient (Wildman–Crippen LogP) is 6.89. The maximum atomic E-state index is 13.8. The lowest BCUT2D eigenvalue weighted by molar-refractivity contribution is -0.134. The van der Waals surface area contributed by atoms with E-state index in [0.29, 0.717) is 18.7 Å². The Labute approximate surface area is 224 Å². The molecule has 3 aromatic rings. The molecule has 2 heterocycles. The molecule has 0 N–H and O–H groups in total. The highest BCUT2D eigenvalue weighted by Crippen LogP contribution is 2.38. The van der Waals surface area contributed by atoms with Gasteiger partial charge < -0.3 is 9.80 Å². The Hall–Kier alpha value is -2.99. The monoisotopic (exact) mass is 520 g/mol. The highest BCUT2D eigenvalue weighted by Gasteiger charge is 2.34. The van der Waals surface area contributed by atoms with Crippen LogP contribution in [0.5, 0.6) is 0 Å². The molecule has 37 heavy (non-hydrogen) atoms. The first-order chi connectivity index (χ1) is 17.9. The van der Waals surface area contributed by atoms with Crippen LogP contribution in [0.4, 0.5) is 4.39 Å². The Morgan fingerprint density at radius 2 is 1.78 bits per heavy atom. The first kappa shape index (κ1) is 27.1. The normalized spacial score (nSPS) is 15.1. The zero-order valence-corrected chi connectivity index (χ0v) is 22.9. The van der Waals surface area contributed by atoms with Crippen LogP contribution in [0.3, 0.4) is 0 Å². The van der Waals surface area contributed by atoms with Gasteiger partial charge in [0.05, 0.1) is 6.04 Å². The molecule has 0 spiro atoms. The summed E-state index contributed by atoms with van der Waals surface area (Å²) in [7, 11) is 0. The largest absolute Gasteiger partial charge is 0.330 e. The van der Waals surface area contributed by atoms with Crippen molar-refractivity contribution in [2.24, 2.45) is 5.92 Å². The molecule has 0 radical (unpaired) electrons. The summed E-state index contributed by atoms with van der Waals surface area (Å²) in [6.45, 7) is 7.40. The molecule has 4 rings (SSSR count). The first-order valence-electron chi connectivity index (χ1n) is 13.4. The maximum absolute atomic E-state index is 13.8. The second kappa shape index (κ2) is 12.5. The van der Waals surface area contributed by atoms with Crippen LogP contribution >= 0.6 is 11.3 Å². The lowest BCUT2D eigenvalue weighted by atomic mass is 9.93. The van der Waals surface area contributed by atoms with E-state index in [2.05, 4.69) is 32.2 Å². The Morgan fingerprint density at radius 3 is 2.46 bits per heavy atom. The van der Waals surface area contributed by atoms with Gasteiger partial charge in [-0.3, -0.25) is 9.59 Å².